The number of thiocarbonyl (C=S) groups is 2. The zero-order valence-corrected chi connectivity index (χ0v) is 25.3. The summed E-state index contributed by atoms with van der Waals surface area (Å²) in [6.07, 6.45) is -0.0107. The average molecular weight is 608 g/mol. The predicted octanol–water partition coefficient (Wildman–Crippen LogP) is 6.12. The van der Waals surface area contributed by atoms with Gasteiger partial charge >= 0.3 is 0 Å². The van der Waals surface area contributed by atoms with E-state index in [2.05, 4.69) is 26.3 Å². The Bertz CT molecular complexity index is 1520. The zero-order valence-electron chi connectivity index (χ0n) is 22.8. The second kappa shape index (κ2) is 13.5. The van der Waals surface area contributed by atoms with Crippen LogP contribution in [0, 0.1) is 0 Å². The summed E-state index contributed by atoms with van der Waals surface area (Å²) in [4.78, 5) is 29.9. The maximum absolute atomic E-state index is 12.7. The number of carbonyl (C=O) groups is 2. The highest BCUT2D eigenvalue weighted by atomic mass is 32.1. The highest BCUT2D eigenvalue weighted by molar-refractivity contribution is 7.80. The van der Waals surface area contributed by atoms with Gasteiger partial charge in [0.2, 0.25) is 0 Å². The van der Waals surface area contributed by atoms with Gasteiger partial charge in [0.15, 0.2) is 15.4 Å². The molecule has 0 saturated heterocycles. The lowest BCUT2D eigenvalue weighted by atomic mass is 10.2. The van der Waals surface area contributed by atoms with Crippen LogP contribution in [0.25, 0.3) is 10.2 Å². The van der Waals surface area contributed by atoms with Crippen LogP contribution in [-0.2, 0) is 0 Å². The molecule has 4 rings (SSSR count). The SMILES string of the molecule is CC(C)Oc1cccc(C(=O)NC(=S)Nc2ccc3nc(NC(=S)NC(=O)c4cccc(OC(C)C)c4)sc3c2)c1. The fraction of sp³-hybridized carbons (Fsp3) is 0.207. The third kappa shape index (κ3) is 8.68. The van der Waals surface area contributed by atoms with E-state index < -0.39 is 0 Å². The number of rotatable bonds is 8. The van der Waals surface area contributed by atoms with E-state index in [1.807, 2.05) is 39.8 Å². The lowest BCUT2D eigenvalue weighted by Crippen LogP contribution is -2.34. The van der Waals surface area contributed by atoms with Gasteiger partial charge in [0, 0.05) is 16.8 Å². The number of fused-ring (bicyclic) bond motifs is 1. The highest BCUT2D eigenvalue weighted by Crippen LogP contribution is 2.28. The Balaban J connectivity index is 1.34. The molecule has 0 atom stereocenters. The fourth-order valence-corrected chi connectivity index (χ4v) is 5.04. The molecule has 212 valence electrons. The smallest absolute Gasteiger partial charge is 0.257 e. The molecule has 0 radical (unpaired) electrons. The number of aromatic nitrogens is 1. The number of nitrogens with zero attached hydrogens (tertiary/aromatic N) is 1. The second-order valence-electron chi connectivity index (χ2n) is 9.41. The molecule has 12 heteroatoms. The van der Waals surface area contributed by atoms with Gasteiger partial charge in [-0.2, -0.15) is 0 Å². The van der Waals surface area contributed by atoms with Crippen LogP contribution in [0.15, 0.2) is 66.7 Å². The van der Waals surface area contributed by atoms with Gasteiger partial charge in [-0.3, -0.25) is 20.2 Å². The van der Waals surface area contributed by atoms with Crippen molar-refractivity contribution in [1.82, 2.24) is 15.6 Å². The van der Waals surface area contributed by atoms with Crippen LogP contribution in [0.2, 0.25) is 0 Å². The minimum Gasteiger partial charge on any atom is -0.491 e. The molecule has 4 N–H and O–H groups in total. The molecular formula is C29H29N5O4S3. The fourth-order valence-electron chi connectivity index (χ4n) is 3.66. The zero-order chi connectivity index (χ0) is 29.5. The van der Waals surface area contributed by atoms with Crippen molar-refractivity contribution in [2.24, 2.45) is 0 Å². The van der Waals surface area contributed by atoms with E-state index in [9.17, 15) is 9.59 Å². The van der Waals surface area contributed by atoms with Gasteiger partial charge in [0.05, 0.1) is 22.4 Å². The Morgan fingerprint density at radius 1 is 0.756 bits per heavy atom. The van der Waals surface area contributed by atoms with Crippen LogP contribution < -0.4 is 30.7 Å². The first-order valence-electron chi connectivity index (χ1n) is 12.7. The minimum atomic E-state index is -0.362. The summed E-state index contributed by atoms with van der Waals surface area (Å²) < 4.78 is 12.2. The molecule has 0 spiro atoms. The van der Waals surface area contributed by atoms with Gasteiger partial charge in [-0.1, -0.05) is 23.5 Å². The second-order valence-corrected chi connectivity index (χ2v) is 11.3. The van der Waals surface area contributed by atoms with Crippen molar-refractivity contribution in [1.29, 1.82) is 0 Å². The Morgan fingerprint density at radius 2 is 1.29 bits per heavy atom. The van der Waals surface area contributed by atoms with E-state index in [1.165, 1.54) is 11.3 Å². The van der Waals surface area contributed by atoms with Gasteiger partial charge in [-0.15, -0.1) is 0 Å². The van der Waals surface area contributed by atoms with Crippen molar-refractivity contribution in [2.45, 2.75) is 39.9 Å². The molecule has 1 aromatic heterocycles. The number of benzene rings is 3. The first-order valence-corrected chi connectivity index (χ1v) is 14.4. The normalized spacial score (nSPS) is 10.8. The van der Waals surface area contributed by atoms with Crippen LogP contribution in [-0.4, -0.2) is 39.2 Å². The van der Waals surface area contributed by atoms with Crippen molar-refractivity contribution in [2.75, 3.05) is 10.6 Å². The number of amides is 2. The number of nitrogens with one attached hydrogen (secondary N) is 4. The van der Waals surface area contributed by atoms with Crippen molar-refractivity contribution in [3.8, 4) is 11.5 Å². The molecule has 9 nitrogen and oxygen atoms in total. The summed E-state index contributed by atoms with van der Waals surface area (Å²) in [6.45, 7) is 7.67. The summed E-state index contributed by atoms with van der Waals surface area (Å²) in [6, 6.07) is 19.3. The molecule has 4 aromatic rings. The largest absolute Gasteiger partial charge is 0.491 e. The van der Waals surface area contributed by atoms with Crippen LogP contribution in [0.5, 0.6) is 11.5 Å². The number of hydrogen-bond donors (Lipinski definition) is 4. The van der Waals surface area contributed by atoms with E-state index in [-0.39, 0.29) is 34.2 Å². The molecule has 41 heavy (non-hydrogen) atoms. The molecule has 1 heterocycles. The van der Waals surface area contributed by atoms with Crippen LogP contribution in [0.1, 0.15) is 48.4 Å². The molecule has 0 unspecified atom stereocenters. The Kier molecular flexibility index (Phi) is 9.82. The number of ether oxygens (including phenoxy) is 2. The lowest BCUT2D eigenvalue weighted by molar-refractivity contribution is 0.0969. The molecule has 0 saturated carbocycles. The predicted molar refractivity (Wildman–Crippen MR) is 171 cm³/mol. The summed E-state index contributed by atoms with van der Waals surface area (Å²) in [5.74, 6) is 0.499. The van der Waals surface area contributed by atoms with Crippen LogP contribution in [0.4, 0.5) is 10.8 Å². The highest BCUT2D eigenvalue weighted by Gasteiger charge is 2.13. The topological polar surface area (TPSA) is 114 Å². The van der Waals surface area contributed by atoms with E-state index in [0.29, 0.717) is 33.4 Å². The third-order valence-corrected chi connectivity index (χ3v) is 6.60. The number of thiazole rings is 1. The van der Waals surface area contributed by atoms with Crippen molar-refractivity contribution >= 4 is 78.8 Å². The van der Waals surface area contributed by atoms with Crippen LogP contribution in [0.3, 0.4) is 0 Å². The van der Waals surface area contributed by atoms with Crippen molar-refractivity contribution in [3.63, 3.8) is 0 Å². The van der Waals surface area contributed by atoms with E-state index >= 15 is 0 Å². The first kappa shape index (κ1) is 29.8. The van der Waals surface area contributed by atoms with E-state index in [1.54, 1.807) is 54.6 Å². The summed E-state index contributed by atoms with van der Waals surface area (Å²) in [5.41, 5.74) is 2.26. The number of carbonyl (C=O) groups excluding carboxylic acids is 2. The Labute approximate surface area is 252 Å². The number of anilines is 2. The maximum atomic E-state index is 12.7. The maximum Gasteiger partial charge on any atom is 0.257 e. The van der Waals surface area contributed by atoms with Gasteiger partial charge < -0.3 is 20.1 Å². The molecule has 0 aliphatic heterocycles. The molecule has 3 aromatic carbocycles. The standard InChI is InChI=1S/C29H29N5O4S3/c1-16(2)37-21-9-5-7-18(13-21)25(35)32-27(39)30-20-11-12-23-24(15-20)41-29(31-23)34-28(40)33-26(36)19-8-6-10-22(14-19)38-17(3)4/h5-17H,1-4H3,(H2,30,32,35,39)(H2,31,33,34,36,40). The van der Waals surface area contributed by atoms with Gasteiger partial charge in [0.25, 0.3) is 11.8 Å². The minimum absolute atomic E-state index is 0.00414. The Hall–Kier alpha value is -4.13. The molecule has 0 fully saturated rings. The monoisotopic (exact) mass is 607 g/mol. The van der Waals surface area contributed by atoms with E-state index in [4.69, 9.17) is 33.9 Å². The van der Waals surface area contributed by atoms with Gasteiger partial charge in [0.1, 0.15) is 11.5 Å². The molecule has 2 amide bonds. The van der Waals surface area contributed by atoms with Crippen LogP contribution >= 0.6 is 35.8 Å². The molecule has 0 aliphatic carbocycles. The lowest BCUT2D eigenvalue weighted by Gasteiger charge is -2.12. The van der Waals surface area contributed by atoms with Crippen molar-refractivity contribution in [3.05, 3.63) is 77.9 Å². The quantitative estimate of drug-likeness (QED) is 0.176. The first-order chi connectivity index (χ1) is 19.5. The number of hydrogen-bond acceptors (Lipinski definition) is 8. The molecular weight excluding hydrogens is 579 g/mol. The third-order valence-electron chi connectivity index (χ3n) is 5.26. The molecule has 0 bridgehead atoms. The van der Waals surface area contributed by atoms with Crippen molar-refractivity contribution < 1.29 is 19.1 Å². The summed E-state index contributed by atoms with van der Waals surface area (Å²) >= 11 is 12.0. The van der Waals surface area contributed by atoms with Gasteiger partial charge in [-0.05, 0) is 107 Å². The van der Waals surface area contributed by atoms with E-state index in [0.717, 1.165) is 10.2 Å². The summed E-state index contributed by atoms with van der Waals surface area (Å²) in [5, 5.41) is 12.1. The molecule has 0 aliphatic rings. The Morgan fingerprint density at radius 3 is 1.83 bits per heavy atom. The van der Waals surface area contributed by atoms with Gasteiger partial charge in [-0.25, -0.2) is 4.98 Å². The summed E-state index contributed by atoms with van der Waals surface area (Å²) in [7, 11) is 0. The average Bonchev–Trinajstić information content (AvgIpc) is 3.29.